The van der Waals surface area contributed by atoms with Crippen molar-refractivity contribution in [2.75, 3.05) is 0 Å². The number of esters is 2. The largest absolute Gasteiger partial charge is 0.423 e. The van der Waals surface area contributed by atoms with E-state index in [0.717, 1.165) is 18.2 Å². The third kappa shape index (κ3) is 5.09. The Labute approximate surface area is 141 Å². The SMILES string of the molecule is O=C(/C=C/C(=O)Oc1c(F)cccc1Cl)Oc1ccc(Cl)cc1. The first kappa shape index (κ1) is 17.0. The van der Waals surface area contributed by atoms with Gasteiger partial charge in [-0.3, -0.25) is 0 Å². The third-order valence-electron chi connectivity index (χ3n) is 2.51. The number of rotatable bonds is 4. The van der Waals surface area contributed by atoms with Gasteiger partial charge >= 0.3 is 11.9 Å². The van der Waals surface area contributed by atoms with E-state index in [4.69, 9.17) is 32.7 Å². The lowest BCUT2D eigenvalue weighted by Crippen LogP contribution is -2.09. The van der Waals surface area contributed by atoms with E-state index in [1.54, 1.807) is 12.1 Å². The zero-order chi connectivity index (χ0) is 16.8. The topological polar surface area (TPSA) is 52.6 Å². The molecule has 0 aromatic heterocycles. The van der Waals surface area contributed by atoms with E-state index in [-0.39, 0.29) is 10.8 Å². The minimum Gasteiger partial charge on any atom is -0.423 e. The molecule has 0 N–H and O–H groups in total. The minimum atomic E-state index is -0.968. The fraction of sp³-hybridized carbons (Fsp3) is 0. The Hall–Kier alpha value is -2.37. The summed E-state index contributed by atoms with van der Waals surface area (Å²) in [5, 5.41) is 0.432. The predicted octanol–water partition coefficient (Wildman–Crippen LogP) is 4.20. The van der Waals surface area contributed by atoms with Crippen LogP contribution < -0.4 is 9.47 Å². The van der Waals surface area contributed by atoms with Gasteiger partial charge in [-0.25, -0.2) is 14.0 Å². The second kappa shape index (κ2) is 7.76. The van der Waals surface area contributed by atoms with Crippen LogP contribution in [0.1, 0.15) is 0 Å². The molecular formula is C16H9Cl2FO4. The first-order valence-corrected chi connectivity index (χ1v) is 7.02. The molecule has 23 heavy (non-hydrogen) atoms. The van der Waals surface area contributed by atoms with Gasteiger partial charge in [0.15, 0.2) is 11.6 Å². The molecule has 0 fully saturated rings. The Kier molecular flexibility index (Phi) is 5.73. The van der Waals surface area contributed by atoms with Crippen LogP contribution in [0.5, 0.6) is 11.5 Å². The quantitative estimate of drug-likeness (QED) is 0.469. The van der Waals surface area contributed by atoms with Gasteiger partial charge in [0.2, 0.25) is 0 Å². The first-order valence-electron chi connectivity index (χ1n) is 6.27. The van der Waals surface area contributed by atoms with Gasteiger partial charge in [-0.05, 0) is 36.4 Å². The van der Waals surface area contributed by atoms with Crippen LogP contribution in [0.2, 0.25) is 10.0 Å². The van der Waals surface area contributed by atoms with Crippen LogP contribution in [-0.4, -0.2) is 11.9 Å². The van der Waals surface area contributed by atoms with Crippen molar-refractivity contribution in [2.45, 2.75) is 0 Å². The molecule has 0 atom stereocenters. The normalized spacial score (nSPS) is 10.6. The second-order valence-corrected chi connectivity index (χ2v) is 5.02. The molecule has 0 aliphatic carbocycles. The maximum absolute atomic E-state index is 13.4. The average Bonchev–Trinajstić information content (AvgIpc) is 2.51. The summed E-state index contributed by atoms with van der Waals surface area (Å²) in [7, 11) is 0. The van der Waals surface area contributed by atoms with Gasteiger partial charge in [-0.1, -0.05) is 29.3 Å². The molecule has 7 heteroatoms. The van der Waals surface area contributed by atoms with Crippen molar-refractivity contribution in [3.63, 3.8) is 0 Å². The maximum Gasteiger partial charge on any atom is 0.336 e. The van der Waals surface area contributed by atoms with Crippen molar-refractivity contribution in [1.29, 1.82) is 0 Å². The number of benzene rings is 2. The van der Waals surface area contributed by atoms with Crippen LogP contribution in [0, 0.1) is 5.82 Å². The Morgan fingerprint density at radius 2 is 1.52 bits per heavy atom. The van der Waals surface area contributed by atoms with E-state index in [2.05, 4.69) is 0 Å². The molecule has 4 nitrogen and oxygen atoms in total. The van der Waals surface area contributed by atoms with Gasteiger partial charge in [0.1, 0.15) is 5.75 Å². The lowest BCUT2D eigenvalue weighted by atomic mass is 10.3. The molecule has 0 aliphatic rings. The lowest BCUT2D eigenvalue weighted by Gasteiger charge is -2.04. The monoisotopic (exact) mass is 354 g/mol. The van der Waals surface area contributed by atoms with Crippen LogP contribution >= 0.6 is 23.2 Å². The van der Waals surface area contributed by atoms with E-state index in [9.17, 15) is 14.0 Å². The molecule has 0 saturated heterocycles. The maximum atomic E-state index is 13.4. The molecule has 118 valence electrons. The number of para-hydroxylation sites is 1. The van der Waals surface area contributed by atoms with Crippen molar-refractivity contribution >= 4 is 35.1 Å². The van der Waals surface area contributed by atoms with Gasteiger partial charge in [0, 0.05) is 17.2 Å². The number of carbonyl (C=O) groups excluding carboxylic acids is 2. The van der Waals surface area contributed by atoms with Gasteiger partial charge < -0.3 is 9.47 Å². The Morgan fingerprint density at radius 3 is 2.13 bits per heavy atom. The van der Waals surface area contributed by atoms with E-state index in [1.165, 1.54) is 24.3 Å². The number of halogens is 3. The zero-order valence-corrected chi connectivity index (χ0v) is 13.0. The van der Waals surface area contributed by atoms with Gasteiger partial charge in [0.25, 0.3) is 0 Å². The highest BCUT2D eigenvalue weighted by atomic mass is 35.5. The van der Waals surface area contributed by atoms with E-state index < -0.39 is 23.5 Å². The fourth-order valence-electron chi connectivity index (χ4n) is 1.50. The lowest BCUT2D eigenvalue weighted by molar-refractivity contribution is -0.131. The van der Waals surface area contributed by atoms with Gasteiger partial charge in [-0.15, -0.1) is 0 Å². The summed E-state index contributed by atoms with van der Waals surface area (Å²) in [5.41, 5.74) is 0. The fourth-order valence-corrected chi connectivity index (χ4v) is 1.83. The molecule has 0 amide bonds. The van der Waals surface area contributed by atoms with Crippen molar-refractivity contribution < 1.29 is 23.5 Å². The summed E-state index contributed by atoms with van der Waals surface area (Å²) in [6.45, 7) is 0. The molecule has 2 rings (SSSR count). The van der Waals surface area contributed by atoms with Crippen molar-refractivity contribution in [3.05, 3.63) is 70.5 Å². The molecule has 0 aliphatic heterocycles. The summed E-state index contributed by atoms with van der Waals surface area (Å²) in [6, 6.07) is 9.90. The smallest absolute Gasteiger partial charge is 0.336 e. The molecule has 2 aromatic rings. The standard InChI is InChI=1S/C16H9Cl2FO4/c17-10-4-6-11(7-5-10)22-14(20)8-9-15(21)23-16-12(18)2-1-3-13(16)19/h1-9H/b9-8+. The molecule has 0 radical (unpaired) electrons. The number of hydrogen-bond acceptors (Lipinski definition) is 4. The van der Waals surface area contributed by atoms with E-state index in [1.807, 2.05) is 0 Å². The number of carbonyl (C=O) groups is 2. The Balaban J connectivity index is 1.95. The van der Waals surface area contributed by atoms with E-state index >= 15 is 0 Å². The highest BCUT2D eigenvalue weighted by molar-refractivity contribution is 6.32. The van der Waals surface area contributed by atoms with Crippen LogP contribution in [0.4, 0.5) is 4.39 Å². The summed E-state index contributed by atoms with van der Waals surface area (Å²) in [4.78, 5) is 23.1. The third-order valence-corrected chi connectivity index (χ3v) is 3.06. The second-order valence-electron chi connectivity index (χ2n) is 4.18. The molecule has 0 bridgehead atoms. The van der Waals surface area contributed by atoms with Crippen molar-refractivity contribution in [1.82, 2.24) is 0 Å². The molecule has 0 unspecified atom stereocenters. The molecule has 0 spiro atoms. The Morgan fingerprint density at radius 1 is 0.913 bits per heavy atom. The van der Waals surface area contributed by atoms with Crippen LogP contribution in [0.3, 0.4) is 0 Å². The van der Waals surface area contributed by atoms with Gasteiger partial charge in [-0.2, -0.15) is 0 Å². The van der Waals surface area contributed by atoms with Crippen LogP contribution in [-0.2, 0) is 9.59 Å². The summed E-state index contributed by atoms with van der Waals surface area (Å²) < 4.78 is 23.1. The van der Waals surface area contributed by atoms with Crippen LogP contribution in [0.25, 0.3) is 0 Å². The molecule has 0 saturated carbocycles. The first-order chi connectivity index (χ1) is 11.0. The molecule has 0 heterocycles. The minimum absolute atomic E-state index is 0.0597. The van der Waals surface area contributed by atoms with Crippen molar-refractivity contribution in [2.24, 2.45) is 0 Å². The highest BCUT2D eigenvalue weighted by Gasteiger charge is 2.11. The molecule has 2 aromatic carbocycles. The number of hydrogen-bond donors (Lipinski definition) is 0. The summed E-state index contributed by atoms with van der Waals surface area (Å²) >= 11 is 11.4. The molecular weight excluding hydrogens is 346 g/mol. The highest BCUT2D eigenvalue weighted by Crippen LogP contribution is 2.27. The summed E-state index contributed by atoms with van der Waals surface area (Å²) in [5.74, 6) is -2.71. The van der Waals surface area contributed by atoms with Gasteiger partial charge in [0.05, 0.1) is 5.02 Å². The van der Waals surface area contributed by atoms with E-state index in [0.29, 0.717) is 5.02 Å². The average molecular weight is 355 g/mol. The predicted molar refractivity (Wildman–Crippen MR) is 83.3 cm³/mol. The summed E-state index contributed by atoms with van der Waals surface area (Å²) in [6.07, 6.45) is 1.66. The zero-order valence-electron chi connectivity index (χ0n) is 11.5. The number of ether oxygens (including phenoxy) is 2. The Bertz CT molecular complexity index is 737. The van der Waals surface area contributed by atoms with Crippen molar-refractivity contribution in [3.8, 4) is 11.5 Å². The van der Waals surface area contributed by atoms with Crippen LogP contribution in [0.15, 0.2) is 54.6 Å².